The van der Waals surface area contributed by atoms with Gasteiger partial charge < -0.3 is 19.6 Å². The second kappa shape index (κ2) is 9.36. The molecule has 0 amide bonds. The molecule has 5 nitrogen and oxygen atoms in total. The van der Waals surface area contributed by atoms with Crippen molar-refractivity contribution in [2.45, 2.75) is 95.8 Å². The van der Waals surface area contributed by atoms with Crippen molar-refractivity contribution in [1.29, 1.82) is 0 Å². The maximum absolute atomic E-state index is 11.9. The van der Waals surface area contributed by atoms with Gasteiger partial charge in [-0.3, -0.25) is 0 Å². The monoisotopic (exact) mass is 495 g/mol. The molecule has 5 heteroatoms. The van der Waals surface area contributed by atoms with Gasteiger partial charge >= 0.3 is 5.97 Å². The number of hydrogen-bond donors (Lipinski definition) is 2. The molecular weight excluding hydrogens is 458 g/mol. The molecule has 37 heavy (non-hydrogen) atoms. The lowest BCUT2D eigenvalue weighted by Crippen LogP contribution is -2.25. The van der Waals surface area contributed by atoms with E-state index in [0.717, 1.165) is 31.6 Å². The minimum absolute atomic E-state index is 0.381. The van der Waals surface area contributed by atoms with Crippen LogP contribution < -0.4 is 5.32 Å². The van der Waals surface area contributed by atoms with Crippen molar-refractivity contribution in [3.63, 3.8) is 0 Å². The molecule has 0 bridgehead atoms. The fraction of sp³-hybridized carbons (Fsp3) is 0.469. The first-order valence-electron chi connectivity index (χ1n) is 14.4. The third kappa shape index (κ3) is 3.90. The van der Waals surface area contributed by atoms with Crippen LogP contribution in [0.2, 0.25) is 0 Å². The van der Waals surface area contributed by atoms with Gasteiger partial charge in [-0.2, -0.15) is 0 Å². The Bertz CT molecular complexity index is 1480. The van der Waals surface area contributed by atoms with Crippen LogP contribution >= 0.6 is 0 Å². The van der Waals surface area contributed by atoms with Crippen molar-refractivity contribution >= 4 is 27.8 Å². The largest absolute Gasteiger partial charge is 0.478 e. The molecule has 0 radical (unpaired) electrons. The smallest absolute Gasteiger partial charge is 0.335 e. The highest BCUT2D eigenvalue weighted by atomic mass is 16.4. The minimum atomic E-state index is -0.849. The van der Waals surface area contributed by atoms with Crippen LogP contribution in [0.15, 0.2) is 42.6 Å². The zero-order valence-corrected chi connectivity index (χ0v) is 21.6. The highest BCUT2D eigenvalue weighted by Gasteiger charge is 2.29. The normalized spacial score (nSPS) is 18.8. The third-order valence-electron chi connectivity index (χ3n) is 9.32. The standard InChI is InChI=1S/C32H37N3O2/c36-32(37)22-14-15-26-28(18-22)35-17-7-16-34-20-23(19-33-24-10-4-5-11-24)25-12-6-13-27(30(25)34)31(35)29(26)21-8-2-1-3-9-21/h6,12-15,18,20-21,24,33H,1-5,7-11,16-17,19H2,(H,36,37). The number of nitrogens with one attached hydrogen (secondary N) is 1. The number of hydrogen-bond acceptors (Lipinski definition) is 2. The fourth-order valence-corrected chi connectivity index (χ4v) is 7.56. The van der Waals surface area contributed by atoms with Crippen LogP contribution in [0.3, 0.4) is 0 Å². The number of nitrogens with zero attached hydrogens (tertiary/aromatic N) is 2. The SMILES string of the molecule is O=C(O)c1ccc2c(C3CCCCC3)c3n(c2c1)CCCn1cc(CNC2CCCC2)c2cccc-3c21. The summed E-state index contributed by atoms with van der Waals surface area (Å²) in [6.45, 7) is 2.82. The van der Waals surface area contributed by atoms with Crippen LogP contribution in [0.4, 0.5) is 0 Å². The van der Waals surface area contributed by atoms with Gasteiger partial charge in [-0.05, 0) is 61.3 Å². The van der Waals surface area contributed by atoms with E-state index < -0.39 is 5.97 Å². The number of carboxylic acid groups (broad SMARTS) is 1. The van der Waals surface area contributed by atoms with Crippen molar-refractivity contribution in [3.05, 3.63) is 59.3 Å². The molecular formula is C32H37N3O2. The zero-order valence-electron chi connectivity index (χ0n) is 21.6. The molecule has 2 aromatic carbocycles. The molecule has 2 aromatic heterocycles. The molecule has 7 rings (SSSR count). The lowest BCUT2D eigenvalue weighted by atomic mass is 9.81. The number of carbonyl (C=O) groups is 1. The zero-order chi connectivity index (χ0) is 24.9. The Morgan fingerprint density at radius 1 is 0.919 bits per heavy atom. The molecule has 2 saturated carbocycles. The predicted octanol–water partition coefficient (Wildman–Crippen LogP) is 7.44. The Labute approximate surface area is 218 Å². The van der Waals surface area contributed by atoms with Crippen molar-refractivity contribution in [3.8, 4) is 11.3 Å². The van der Waals surface area contributed by atoms with E-state index in [-0.39, 0.29) is 0 Å². The molecule has 2 N–H and O–H groups in total. The molecule has 3 heterocycles. The van der Waals surface area contributed by atoms with E-state index in [1.165, 1.54) is 96.5 Å². The number of rotatable bonds is 5. The van der Waals surface area contributed by atoms with Crippen LogP contribution in [0.1, 0.15) is 91.6 Å². The van der Waals surface area contributed by atoms with E-state index in [9.17, 15) is 9.90 Å². The number of benzene rings is 2. The van der Waals surface area contributed by atoms with E-state index in [1.807, 2.05) is 6.07 Å². The van der Waals surface area contributed by atoms with Gasteiger partial charge in [0.2, 0.25) is 0 Å². The Balaban J connectivity index is 1.44. The summed E-state index contributed by atoms with van der Waals surface area (Å²) in [5.41, 5.74) is 8.34. The first-order valence-corrected chi connectivity index (χ1v) is 14.4. The van der Waals surface area contributed by atoms with Crippen molar-refractivity contribution in [2.24, 2.45) is 0 Å². The van der Waals surface area contributed by atoms with Crippen molar-refractivity contribution < 1.29 is 9.90 Å². The highest BCUT2D eigenvalue weighted by molar-refractivity contribution is 6.03. The van der Waals surface area contributed by atoms with E-state index in [1.54, 1.807) is 6.07 Å². The highest BCUT2D eigenvalue weighted by Crippen LogP contribution is 2.47. The summed E-state index contributed by atoms with van der Waals surface area (Å²) < 4.78 is 4.97. The molecule has 0 unspecified atom stereocenters. The molecule has 2 aliphatic carbocycles. The molecule has 0 atom stereocenters. The number of para-hydroxylation sites is 1. The van der Waals surface area contributed by atoms with Crippen molar-refractivity contribution in [2.75, 3.05) is 0 Å². The van der Waals surface area contributed by atoms with Gasteiger partial charge in [0.05, 0.1) is 16.8 Å². The van der Waals surface area contributed by atoms with Gasteiger partial charge in [-0.15, -0.1) is 0 Å². The van der Waals surface area contributed by atoms with Crippen LogP contribution in [0.5, 0.6) is 0 Å². The summed E-state index contributed by atoms with van der Waals surface area (Å²) in [5.74, 6) is -0.317. The lowest BCUT2D eigenvalue weighted by molar-refractivity contribution is 0.0697. The van der Waals surface area contributed by atoms with Gasteiger partial charge in [0.25, 0.3) is 0 Å². The van der Waals surface area contributed by atoms with Gasteiger partial charge in [0.1, 0.15) is 0 Å². The van der Waals surface area contributed by atoms with Crippen LogP contribution in [0, 0.1) is 0 Å². The number of carboxylic acids is 1. The van der Waals surface area contributed by atoms with Gasteiger partial charge in [-0.25, -0.2) is 4.79 Å². The topological polar surface area (TPSA) is 59.2 Å². The maximum atomic E-state index is 11.9. The molecule has 1 aliphatic heterocycles. The summed E-state index contributed by atoms with van der Waals surface area (Å²) in [7, 11) is 0. The number of fused-ring (bicyclic) bond motifs is 4. The van der Waals surface area contributed by atoms with Crippen LogP contribution in [-0.2, 0) is 19.6 Å². The van der Waals surface area contributed by atoms with Gasteiger partial charge in [0, 0.05) is 53.7 Å². The van der Waals surface area contributed by atoms with E-state index >= 15 is 0 Å². The first-order chi connectivity index (χ1) is 18.2. The fourth-order valence-electron chi connectivity index (χ4n) is 7.56. The predicted molar refractivity (Wildman–Crippen MR) is 149 cm³/mol. The summed E-state index contributed by atoms with van der Waals surface area (Å²) in [5, 5.41) is 16.2. The minimum Gasteiger partial charge on any atom is -0.478 e. The summed E-state index contributed by atoms with van der Waals surface area (Å²) in [6, 6.07) is 13.3. The van der Waals surface area contributed by atoms with Crippen LogP contribution in [0.25, 0.3) is 33.1 Å². The van der Waals surface area contributed by atoms with E-state index in [0.29, 0.717) is 17.5 Å². The molecule has 2 fully saturated rings. The molecule has 4 aromatic rings. The molecule has 0 spiro atoms. The Kier molecular flexibility index (Phi) is 5.84. The molecule has 192 valence electrons. The molecule has 0 saturated heterocycles. The average Bonchev–Trinajstić information content (AvgIpc) is 3.63. The van der Waals surface area contributed by atoms with Gasteiger partial charge in [-0.1, -0.05) is 56.4 Å². The second-order valence-corrected chi connectivity index (χ2v) is 11.6. The summed E-state index contributed by atoms with van der Waals surface area (Å²) in [6.07, 6.45) is 15.1. The van der Waals surface area contributed by atoms with E-state index in [4.69, 9.17) is 0 Å². The molecule has 3 aliphatic rings. The Morgan fingerprint density at radius 3 is 2.54 bits per heavy atom. The lowest BCUT2D eigenvalue weighted by Gasteiger charge is -2.25. The van der Waals surface area contributed by atoms with Gasteiger partial charge in [0.15, 0.2) is 0 Å². The third-order valence-corrected chi connectivity index (χ3v) is 9.32. The van der Waals surface area contributed by atoms with Crippen LogP contribution in [-0.4, -0.2) is 26.3 Å². The summed E-state index contributed by atoms with van der Waals surface area (Å²) >= 11 is 0. The quantitative estimate of drug-likeness (QED) is 0.302. The number of aromatic carboxylic acids is 1. The Hall–Kier alpha value is -3.05. The number of aryl methyl sites for hydroxylation is 2. The average molecular weight is 496 g/mol. The van der Waals surface area contributed by atoms with E-state index in [2.05, 4.69) is 44.9 Å². The second-order valence-electron chi connectivity index (χ2n) is 11.6. The number of aromatic nitrogens is 2. The summed E-state index contributed by atoms with van der Waals surface area (Å²) in [4.78, 5) is 11.9. The first kappa shape index (κ1) is 23.1. The Morgan fingerprint density at radius 2 is 1.73 bits per heavy atom. The van der Waals surface area contributed by atoms with Crippen molar-refractivity contribution in [1.82, 2.24) is 14.5 Å². The maximum Gasteiger partial charge on any atom is 0.335 e.